The van der Waals surface area contributed by atoms with Gasteiger partial charge in [0.15, 0.2) is 0 Å². The highest BCUT2D eigenvalue weighted by Crippen LogP contribution is 2.37. The molecule has 0 spiro atoms. The number of aliphatic hydroxyl groups excluding tert-OH is 1. The van der Waals surface area contributed by atoms with Crippen LogP contribution in [0.3, 0.4) is 0 Å². The number of nitrogens with two attached hydrogens (primary N) is 1. The Morgan fingerprint density at radius 1 is 1.35 bits per heavy atom. The van der Waals surface area contributed by atoms with Crippen LogP contribution in [0.5, 0.6) is 0 Å². The maximum absolute atomic E-state index is 10.5. The molecule has 0 bridgehead atoms. The number of hydrogen-bond acceptors (Lipinski definition) is 3. The molecule has 4 heteroatoms. The molecule has 1 unspecified atom stereocenters. The van der Waals surface area contributed by atoms with E-state index in [0.717, 1.165) is 11.3 Å². The fourth-order valence-corrected chi connectivity index (χ4v) is 1.82. The molecule has 98 valence electrons. The highest BCUT2D eigenvalue weighted by molar-refractivity contribution is 5.27. The molecule has 1 aromatic rings. The van der Waals surface area contributed by atoms with E-state index < -0.39 is 6.10 Å². The number of aryl methyl sites for hydroxylation is 1. The second-order valence-corrected chi connectivity index (χ2v) is 6.45. The van der Waals surface area contributed by atoms with Crippen molar-refractivity contribution in [2.45, 2.75) is 46.1 Å². The quantitative estimate of drug-likeness (QED) is 0.844. The Morgan fingerprint density at radius 2 is 1.88 bits per heavy atom. The third-order valence-corrected chi connectivity index (χ3v) is 3.13. The van der Waals surface area contributed by atoms with Crippen LogP contribution in [0, 0.1) is 5.41 Å². The Balaban J connectivity index is 3.23. The van der Waals surface area contributed by atoms with Gasteiger partial charge in [0.25, 0.3) is 0 Å². The van der Waals surface area contributed by atoms with Gasteiger partial charge in [-0.2, -0.15) is 5.10 Å². The second-order valence-electron chi connectivity index (χ2n) is 6.45. The second kappa shape index (κ2) is 4.42. The van der Waals surface area contributed by atoms with E-state index in [1.54, 1.807) is 4.68 Å². The Hall–Kier alpha value is -0.870. The summed E-state index contributed by atoms with van der Waals surface area (Å²) in [5, 5.41) is 14.9. The minimum atomic E-state index is -0.588. The van der Waals surface area contributed by atoms with Crippen LogP contribution >= 0.6 is 0 Å². The predicted molar refractivity (Wildman–Crippen MR) is 69.7 cm³/mol. The Bertz CT molecular complexity index is 388. The lowest BCUT2D eigenvalue weighted by Crippen LogP contribution is -2.32. The van der Waals surface area contributed by atoms with E-state index in [2.05, 4.69) is 25.9 Å². The zero-order valence-corrected chi connectivity index (χ0v) is 11.8. The highest BCUT2D eigenvalue weighted by Gasteiger charge is 2.33. The summed E-state index contributed by atoms with van der Waals surface area (Å²) in [6.45, 7) is 10.7. The van der Waals surface area contributed by atoms with Gasteiger partial charge in [0.2, 0.25) is 0 Å². The van der Waals surface area contributed by atoms with Crippen LogP contribution in [0.15, 0.2) is 6.20 Å². The van der Waals surface area contributed by atoms with Gasteiger partial charge in [0.05, 0.1) is 11.8 Å². The first-order valence-electron chi connectivity index (χ1n) is 6.02. The van der Waals surface area contributed by atoms with Crippen molar-refractivity contribution in [1.29, 1.82) is 0 Å². The van der Waals surface area contributed by atoms with Crippen LogP contribution in [0.1, 0.15) is 52.0 Å². The average Bonchev–Trinajstić information content (AvgIpc) is 2.58. The predicted octanol–water partition coefficient (Wildman–Crippen LogP) is 1.74. The van der Waals surface area contributed by atoms with Gasteiger partial charge in [-0.25, -0.2) is 0 Å². The van der Waals surface area contributed by atoms with Gasteiger partial charge < -0.3 is 10.8 Å². The molecule has 17 heavy (non-hydrogen) atoms. The van der Waals surface area contributed by atoms with Crippen molar-refractivity contribution < 1.29 is 5.11 Å². The van der Waals surface area contributed by atoms with E-state index in [0.29, 0.717) is 6.54 Å². The van der Waals surface area contributed by atoms with Crippen molar-refractivity contribution >= 4 is 0 Å². The fourth-order valence-electron chi connectivity index (χ4n) is 1.82. The normalized spacial score (nSPS) is 15.1. The molecule has 0 radical (unpaired) electrons. The number of rotatable bonds is 3. The van der Waals surface area contributed by atoms with Gasteiger partial charge in [0, 0.05) is 36.2 Å². The summed E-state index contributed by atoms with van der Waals surface area (Å²) in [6, 6.07) is 0. The van der Waals surface area contributed by atoms with Gasteiger partial charge >= 0.3 is 0 Å². The summed E-state index contributed by atoms with van der Waals surface area (Å²) in [7, 11) is 1.88. The standard InChI is InChI=1S/C13H25N3O/c1-12(2,3)10-9(7-16(6)15-10)11(17)13(4,5)8-14/h7,11,17H,8,14H2,1-6H3. The first-order chi connectivity index (χ1) is 7.59. The molecule has 0 fully saturated rings. The molecule has 3 N–H and O–H groups in total. The molecule has 4 nitrogen and oxygen atoms in total. The summed E-state index contributed by atoms with van der Waals surface area (Å²) in [5.41, 5.74) is 7.12. The smallest absolute Gasteiger partial charge is 0.0886 e. The topological polar surface area (TPSA) is 64.1 Å². The van der Waals surface area contributed by atoms with Crippen LogP contribution in [-0.2, 0) is 12.5 Å². The van der Waals surface area contributed by atoms with Crippen molar-refractivity contribution in [3.8, 4) is 0 Å². The number of nitrogens with zero attached hydrogens (tertiary/aromatic N) is 2. The van der Waals surface area contributed by atoms with Crippen molar-refractivity contribution in [3.05, 3.63) is 17.5 Å². The Kier molecular flexibility index (Phi) is 3.69. The average molecular weight is 239 g/mol. The van der Waals surface area contributed by atoms with Gasteiger partial charge in [-0.15, -0.1) is 0 Å². The van der Waals surface area contributed by atoms with Gasteiger partial charge in [-0.05, 0) is 0 Å². The van der Waals surface area contributed by atoms with E-state index in [9.17, 15) is 5.11 Å². The molecule has 0 aliphatic rings. The molecule has 1 heterocycles. The zero-order valence-electron chi connectivity index (χ0n) is 11.8. The first-order valence-corrected chi connectivity index (χ1v) is 6.02. The monoisotopic (exact) mass is 239 g/mol. The lowest BCUT2D eigenvalue weighted by atomic mass is 9.79. The van der Waals surface area contributed by atoms with Gasteiger partial charge in [-0.3, -0.25) is 4.68 Å². The maximum Gasteiger partial charge on any atom is 0.0886 e. The third-order valence-electron chi connectivity index (χ3n) is 3.13. The van der Waals surface area contributed by atoms with Crippen LogP contribution in [0.4, 0.5) is 0 Å². The molecule has 0 amide bonds. The van der Waals surface area contributed by atoms with Crippen molar-refractivity contribution in [2.24, 2.45) is 18.2 Å². The van der Waals surface area contributed by atoms with Crippen LogP contribution < -0.4 is 5.73 Å². The van der Waals surface area contributed by atoms with E-state index in [1.165, 1.54) is 0 Å². The minimum Gasteiger partial charge on any atom is -0.388 e. The van der Waals surface area contributed by atoms with Crippen LogP contribution in [0.2, 0.25) is 0 Å². The zero-order chi connectivity index (χ0) is 13.4. The van der Waals surface area contributed by atoms with Crippen LogP contribution in [0.25, 0.3) is 0 Å². The summed E-state index contributed by atoms with van der Waals surface area (Å²) >= 11 is 0. The van der Waals surface area contributed by atoms with Crippen molar-refractivity contribution in [3.63, 3.8) is 0 Å². The first kappa shape index (κ1) is 14.2. The molecular formula is C13H25N3O. The number of hydrogen-bond donors (Lipinski definition) is 2. The largest absolute Gasteiger partial charge is 0.388 e. The molecule has 0 saturated heterocycles. The van der Waals surface area contributed by atoms with E-state index in [-0.39, 0.29) is 10.8 Å². The third kappa shape index (κ3) is 2.87. The van der Waals surface area contributed by atoms with Gasteiger partial charge in [-0.1, -0.05) is 34.6 Å². The Morgan fingerprint density at radius 3 is 2.29 bits per heavy atom. The molecule has 1 atom stereocenters. The lowest BCUT2D eigenvalue weighted by Gasteiger charge is -2.30. The van der Waals surface area contributed by atoms with Crippen molar-refractivity contribution in [2.75, 3.05) is 6.54 Å². The summed E-state index contributed by atoms with van der Waals surface area (Å²) in [4.78, 5) is 0. The molecule has 0 aliphatic heterocycles. The van der Waals surface area contributed by atoms with Crippen LogP contribution in [-0.4, -0.2) is 21.4 Å². The molecule has 1 rings (SSSR count). The van der Waals surface area contributed by atoms with E-state index in [4.69, 9.17) is 5.73 Å². The number of aromatic nitrogens is 2. The van der Waals surface area contributed by atoms with E-state index >= 15 is 0 Å². The van der Waals surface area contributed by atoms with E-state index in [1.807, 2.05) is 27.1 Å². The highest BCUT2D eigenvalue weighted by atomic mass is 16.3. The Labute approximate surface area is 104 Å². The summed E-state index contributed by atoms with van der Waals surface area (Å²) in [6.07, 6.45) is 1.30. The molecule has 0 saturated carbocycles. The molecule has 0 aliphatic carbocycles. The van der Waals surface area contributed by atoms with Gasteiger partial charge in [0.1, 0.15) is 0 Å². The molecule has 0 aromatic carbocycles. The molecule has 1 aromatic heterocycles. The lowest BCUT2D eigenvalue weighted by molar-refractivity contribution is 0.0540. The number of aliphatic hydroxyl groups is 1. The summed E-state index contributed by atoms with van der Waals surface area (Å²) < 4.78 is 1.76. The molecular weight excluding hydrogens is 214 g/mol. The fraction of sp³-hybridized carbons (Fsp3) is 0.769. The minimum absolute atomic E-state index is 0.0811. The van der Waals surface area contributed by atoms with Crippen molar-refractivity contribution in [1.82, 2.24) is 9.78 Å². The summed E-state index contributed by atoms with van der Waals surface area (Å²) in [5.74, 6) is 0. The maximum atomic E-state index is 10.5. The SMILES string of the molecule is Cn1cc(C(O)C(C)(C)CN)c(C(C)(C)C)n1.